The van der Waals surface area contributed by atoms with Gasteiger partial charge in [0.15, 0.2) is 0 Å². The molecule has 0 bridgehead atoms. The summed E-state index contributed by atoms with van der Waals surface area (Å²) in [5.74, 6) is 1.64. The minimum Gasteiger partial charge on any atom is -0.342 e. The summed E-state index contributed by atoms with van der Waals surface area (Å²) < 4.78 is 0. The van der Waals surface area contributed by atoms with Gasteiger partial charge in [-0.1, -0.05) is 44.2 Å². The highest BCUT2D eigenvalue weighted by molar-refractivity contribution is 7.99. The van der Waals surface area contributed by atoms with Crippen molar-refractivity contribution in [2.45, 2.75) is 44.1 Å². The molecule has 1 aromatic carbocycles. The van der Waals surface area contributed by atoms with Crippen molar-refractivity contribution >= 4 is 30.1 Å². The van der Waals surface area contributed by atoms with Crippen LogP contribution in [0.25, 0.3) is 0 Å². The van der Waals surface area contributed by atoms with E-state index in [2.05, 4.69) is 48.3 Å². The van der Waals surface area contributed by atoms with E-state index in [0.717, 1.165) is 31.9 Å². The smallest absolute Gasteiger partial charge is 0.235 e. The second kappa shape index (κ2) is 9.29. The van der Waals surface area contributed by atoms with Crippen LogP contribution in [0, 0.1) is 11.3 Å². The molecule has 2 aliphatic heterocycles. The van der Waals surface area contributed by atoms with Crippen LogP contribution in [0.2, 0.25) is 0 Å². The summed E-state index contributed by atoms with van der Waals surface area (Å²) in [5.41, 5.74) is 1.77. The topological polar surface area (TPSA) is 32.3 Å². The fourth-order valence-electron chi connectivity index (χ4n) is 3.91. The van der Waals surface area contributed by atoms with Gasteiger partial charge in [-0.25, -0.2) is 0 Å². The quantitative estimate of drug-likeness (QED) is 0.836. The molecule has 25 heavy (non-hydrogen) atoms. The van der Waals surface area contributed by atoms with Crippen LogP contribution in [-0.2, 0) is 10.5 Å². The Morgan fingerprint density at radius 3 is 2.44 bits per heavy atom. The lowest BCUT2D eigenvalue weighted by Gasteiger charge is -2.40. The third-order valence-corrected chi connectivity index (χ3v) is 7.19. The Balaban J connectivity index is 0.00000225. The first kappa shape index (κ1) is 20.6. The van der Waals surface area contributed by atoms with Gasteiger partial charge in [0.1, 0.15) is 0 Å². The van der Waals surface area contributed by atoms with Crippen LogP contribution < -0.4 is 5.32 Å². The number of nitrogens with zero attached hydrogens (tertiary/aromatic N) is 1. The first-order valence-electron chi connectivity index (χ1n) is 9.25. The summed E-state index contributed by atoms with van der Waals surface area (Å²) in [7, 11) is 0. The molecule has 0 aromatic heterocycles. The molecule has 140 valence electrons. The number of nitrogens with one attached hydrogen (secondary N) is 1. The minimum absolute atomic E-state index is 0. The van der Waals surface area contributed by atoms with Gasteiger partial charge in [0.2, 0.25) is 5.91 Å². The molecule has 1 spiro atoms. The van der Waals surface area contributed by atoms with Crippen molar-refractivity contribution in [1.29, 1.82) is 0 Å². The number of halogens is 1. The molecule has 5 heteroatoms. The highest BCUT2D eigenvalue weighted by atomic mass is 35.5. The average Bonchev–Trinajstić information content (AvgIpc) is 3.04. The van der Waals surface area contributed by atoms with Gasteiger partial charge in [0, 0.05) is 25.4 Å². The molecule has 1 amide bonds. The summed E-state index contributed by atoms with van der Waals surface area (Å²) in [6, 6.07) is 10.5. The highest BCUT2D eigenvalue weighted by Crippen LogP contribution is 2.38. The Hall–Kier alpha value is -0.710. The van der Waals surface area contributed by atoms with Crippen molar-refractivity contribution in [3.63, 3.8) is 0 Å². The molecule has 1 aromatic rings. The fourth-order valence-corrected chi connectivity index (χ4v) is 5.15. The van der Waals surface area contributed by atoms with E-state index in [1.165, 1.54) is 24.8 Å². The molecule has 2 saturated heterocycles. The third kappa shape index (κ3) is 5.15. The van der Waals surface area contributed by atoms with Crippen LogP contribution >= 0.6 is 24.2 Å². The SMILES string of the molecule is CC(C)C(SCc1ccccc1)C(=O)N1CCC2(CCNC2)CC1.Cl. The Morgan fingerprint density at radius 2 is 1.88 bits per heavy atom. The monoisotopic (exact) mass is 382 g/mol. The molecule has 1 N–H and O–H groups in total. The minimum atomic E-state index is 0. The van der Waals surface area contributed by atoms with Gasteiger partial charge in [0.25, 0.3) is 0 Å². The van der Waals surface area contributed by atoms with Crippen LogP contribution in [0.3, 0.4) is 0 Å². The van der Waals surface area contributed by atoms with Gasteiger partial charge in [0.05, 0.1) is 5.25 Å². The lowest BCUT2D eigenvalue weighted by atomic mass is 9.78. The molecule has 0 aliphatic carbocycles. The van der Waals surface area contributed by atoms with Crippen LogP contribution in [0.1, 0.15) is 38.7 Å². The van der Waals surface area contributed by atoms with E-state index in [-0.39, 0.29) is 17.7 Å². The van der Waals surface area contributed by atoms with E-state index in [1.54, 1.807) is 11.8 Å². The Labute approximate surface area is 162 Å². The van der Waals surface area contributed by atoms with E-state index >= 15 is 0 Å². The second-order valence-corrected chi connectivity index (χ2v) is 8.84. The average molecular weight is 383 g/mol. The van der Waals surface area contributed by atoms with Crippen molar-refractivity contribution in [3.05, 3.63) is 35.9 Å². The first-order chi connectivity index (χ1) is 11.6. The van der Waals surface area contributed by atoms with Crippen molar-refractivity contribution in [3.8, 4) is 0 Å². The molecule has 3 rings (SSSR count). The molecule has 0 saturated carbocycles. The molecule has 1 atom stereocenters. The summed E-state index contributed by atoms with van der Waals surface area (Å²) in [4.78, 5) is 15.2. The number of carbonyl (C=O) groups is 1. The number of amides is 1. The normalized spacial score (nSPS) is 20.5. The predicted molar refractivity (Wildman–Crippen MR) is 109 cm³/mol. The van der Waals surface area contributed by atoms with Gasteiger partial charge in [-0.15, -0.1) is 24.2 Å². The number of likely N-dealkylation sites (tertiary alicyclic amines) is 1. The molecular weight excluding hydrogens is 352 g/mol. The molecule has 3 nitrogen and oxygen atoms in total. The maximum absolute atomic E-state index is 13.1. The van der Waals surface area contributed by atoms with Gasteiger partial charge >= 0.3 is 0 Å². The number of piperidine rings is 1. The highest BCUT2D eigenvalue weighted by Gasteiger charge is 2.39. The molecule has 2 fully saturated rings. The summed E-state index contributed by atoms with van der Waals surface area (Å²) in [6.07, 6.45) is 3.62. The third-order valence-electron chi connectivity index (χ3n) is 5.59. The van der Waals surface area contributed by atoms with E-state index in [4.69, 9.17) is 0 Å². The zero-order chi connectivity index (χ0) is 17.0. The van der Waals surface area contributed by atoms with Crippen LogP contribution in [-0.4, -0.2) is 42.2 Å². The summed E-state index contributed by atoms with van der Waals surface area (Å²) >= 11 is 1.80. The maximum atomic E-state index is 13.1. The summed E-state index contributed by atoms with van der Waals surface area (Å²) in [6.45, 7) is 8.52. The van der Waals surface area contributed by atoms with Crippen molar-refractivity contribution < 1.29 is 4.79 Å². The zero-order valence-corrected chi connectivity index (χ0v) is 17.0. The van der Waals surface area contributed by atoms with Crippen LogP contribution in [0.15, 0.2) is 30.3 Å². The van der Waals surface area contributed by atoms with Crippen LogP contribution in [0.5, 0.6) is 0 Å². The van der Waals surface area contributed by atoms with Crippen molar-refractivity contribution in [1.82, 2.24) is 10.2 Å². The number of benzene rings is 1. The number of thioether (sulfide) groups is 1. The van der Waals surface area contributed by atoms with Gasteiger partial charge < -0.3 is 10.2 Å². The molecule has 2 heterocycles. The van der Waals surface area contributed by atoms with Gasteiger partial charge in [-0.2, -0.15) is 0 Å². The number of hydrogen-bond acceptors (Lipinski definition) is 3. The van der Waals surface area contributed by atoms with Crippen molar-refractivity contribution in [2.75, 3.05) is 26.2 Å². The zero-order valence-electron chi connectivity index (χ0n) is 15.4. The number of carbonyl (C=O) groups excluding carboxylic acids is 1. The molecule has 1 unspecified atom stereocenters. The van der Waals surface area contributed by atoms with E-state index < -0.39 is 0 Å². The van der Waals surface area contributed by atoms with Gasteiger partial charge in [-0.3, -0.25) is 4.79 Å². The number of rotatable bonds is 5. The number of hydrogen-bond donors (Lipinski definition) is 1. The summed E-state index contributed by atoms with van der Waals surface area (Å²) in [5, 5.41) is 3.57. The van der Waals surface area contributed by atoms with Gasteiger partial charge in [-0.05, 0) is 42.7 Å². The van der Waals surface area contributed by atoms with E-state index in [9.17, 15) is 4.79 Å². The molecular formula is C20H31ClN2OS. The second-order valence-electron chi connectivity index (χ2n) is 7.71. The Morgan fingerprint density at radius 1 is 1.20 bits per heavy atom. The maximum Gasteiger partial charge on any atom is 0.235 e. The predicted octanol–water partition coefficient (Wildman–Crippen LogP) is 3.97. The van der Waals surface area contributed by atoms with Crippen LogP contribution in [0.4, 0.5) is 0 Å². The van der Waals surface area contributed by atoms with Crippen molar-refractivity contribution in [2.24, 2.45) is 11.3 Å². The first-order valence-corrected chi connectivity index (χ1v) is 10.3. The Bertz CT molecular complexity index is 536. The standard InChI is InChI=1S/C20H30N2OS.ClH/c1-16(2)18(24-14-17-6-4-3-5-7-17)19(23)22-12-9-20(10-13-22)8-11-21-15-20;/h3-7,16,18,21H,8-15H2,1-2H3;1H. The molecule has 2 aliphatic rings. The largest absolute Gasteiger partial charge is 0.342 e. The fraction of sp³-hybridized carbons (Fsp3) is 0.650. The van der Waals surface area contributed by atoms with E-state index in [1.807, 2.05) is 6.07 Å². The lowest BCUT2D eigenvalue weighted by Crippen LogP contribution is -2.47. The van der Waals surface area contributed by atoms with E-state index in [0.29, 0.717) is 17.2 Å². The Kier molecular flexibility index (Phi) is 7.66. The molecule has 0 radical (unpaired) electrons. The lowest BCUT2D eigenvalue weighted by molar-refractivity contribution is -0.133.